The maximum absolute atomic E-state index is 5.76. The van der Waals surface area contributed by atoms with Gasteiger partial charge in [-0.05, 0) is 12.5 Å². The number of hydrogen-bond acceptors (Lipinski definition) is 3. The molecular weight excluding hydrogens is 222 g/mol. The van der Waals surface area contributed by atoms with E-state index in [-0.39, 0.29) is 6.04 Å². The molecule has 3 nitrogen and oxygen atoms in total. The first-order valence-corrected chi connectivity index (χ1v) is 5.42. The Labute approximate surface area is 99.5 Å². The first-order valence-electron chi connectivity index (χ1n) is 5.05. The molecule has 0 saturated carbocycles. The van der Waals surface area contributed by atoms with E-state index < -0.39 is 0 Å². The molecule has 0 radical (unpaired) electrons. The predicted octanol–water partition coefficient (Wildman–Crippen LogP) is 3.30. The van der Waals surface area contributed by atoms with E-state index in [1.165, 1.54) is 11.8 Å². The molecule has 1 atom stereocenters. The lowest BCUT2D eigenvalue weighted by molar-refractivity contribution is 0.871. The van der Waals surface area contributed by atoms with E-state index in [0.717, 1.165) is 0 Å². The molecule has 0 amide bonds. The molecule has 1 heterocycles. The summed E-state index contributed by atoms with van der Waals surface area (Å²) in [6, 6.07) is 10.3. The molecule has 1 N–H and O–H groups in total. The standard InChI is InChI=1S/C12H12ClN3/c1-9(10-5-3-2-4-6-10)15-12-8-14-7-11(13)16-12/h2-9H,1H3,(H,15,16)/t9-/m1/s1. The number of nitrogens with one attached hydrogen (secondary N) is 1. The average molecular weight is 234 g/mol. The fourth-order valence-corrected chi connectivity index (χ4v) is 1.61. The molecule has 0 aliphatic heterocycles. The van der Waals surface area contributed by atoms with Crippen molar-refractivity contribution < 1.29 is 0 Å². The maximum Gasteiger partial charge on any atom is 0.149 e. The minimum absolute atomic E-state index is 0.175. The number of halogens is 1. The van der Waals surface area contributed by atoms with E-state index in [0.29, 0.717) is 11.0 Å². The van der Waals surface area contributed by atoms with E-state index in [1.807, 2.05) is 18.2 Å². The van der Waals surface area contributed by atoms with Crippen molar-refractivity contribution in [3.8, 4) is 0 Å². The van der Waals surface area contributed by atoms with Crippen LogP contribution in [0.25, 0.3) is 0 Å². The van der Waals surface area contributed by atoms with Crippen LogP contribution in [0, 0.1) is 0 Å². The van der Waals surface area contributed by atoms with Gasteiger partial charge in [-0.15, -0.1) is 0 Å². The van der Waals surface area contributed by atoms with Gasteiger partial charge in [0.25, 0.3) is 0 Å². The van der Waals surface area contributed by atoms with E-state index in [1.54, 1.807) is 6.20 Å². The zero-order chi connectivity index (χ0) is 11.4. The third-order valence-electron chi connectivity index (χ3n) is 2.27. The number of benzene rings is 1. The summed E-state index contributed by atoms with van der Waals surface area (Å²) in [7, 11) is 0. The minimum atomic E-state index is 0.175. The highest BCUT2D eigenvalue weighted by Crippen LogP contribution is 2.17. The molecule has 2 aromatic rings. The predicted molar refractivity (Wildman–Crippen MR) is 65.5 cm³/mol. The molecular formula is C12H12ClN3. The van der Waals surface area contributed by atoms with Gasteiger partial charge in [0.1, 0.15) is 11.0 Å². The highest BCUT2D eigenvalue weighted by Gasteiger charge is 2.05. The Kier molecular flexibility index (Phi) is 3.37. The largest absolute Gasteiger partial charge is 0.362 e. The van der Waals surface area contributed by atoms with Gasteiger partial charge in [-0.2, -0.15) is 0 Å². The molecule has 0 unspecified atom stereocenters. The summed E-state index contributed by atoms with van der Waals surface area (Å²) in [6.45, 7) is 2.07. The van der Waals surface area contributed by atoms with Crippen LogP contribution in [0.15, 0.2) is 42.7 Å². The lowest BCUT2D eigenvalue weighted by Crippen LogP contribution is -2.07. The van der Waals surface area contributed by atoms with E-state index in [9.17, 15) is 0 Å². The van der Waals surface area contributed by atoms with Crippen molar-refractivity contribution in [2.45, 2.75) is 13.0 Å². The first kappa shape index (κ1) is 10.9. The van der Waals surface area contributed by atoms with Crippen LogP contribution in [0.5, 0.6) is 0 Å². The number of hydrogen-bond donors (Lipinski definition) is 1. The van der Waals surface area contributed by atoms with Gasteiger partial charge >= 0.3 is 0 Å². The van der Waals surface area contributed by atoms with Gasteiger partial charge in [-0.3, -0.25) is 4.98 Å². The lowest BCUT2D eigenvalue weighted by atomic mass is 10.1. The van der Waals surface area contributed by atoms with E-state index in [2.05, 4.69) is 34.3 Å². The number of aromatic nitrogens is 2. The summed E-state index contributed by atoms with van der Waals surface area (Å²) in [5.41, 5.74) is 1.20. The lowest BCUT2D eigenvalue weighted by Gasteiger charge is -2.14. The van der Waals surface area contributed by atoms with Gasteiger partial charge in [0.15, 0.2) is 0 Å². The fraction of sp³-hybridized carbons (Fsp3) is 0.167. The Bertz CT molecular complexity index is 459. The van der Waals surface area contributed by atoms with Gasteiger partial charge < -0.3 is 5.32 Å². The van der Waals surface area contributed by atoms with Crippen molar-refractivity contribution >= 4 is 17.4 Å². The highest BCUT2D eigenvalue weighted by atomic mass is 35.5. The maximum atomic E-state index is 5.76. The van der Waals surface area contributed by atoms with Crippen LogP contribution >= 0.6 is 11.6 Å². The molecule has 16 heavy (non-hydrogen) atoms. The molecule has 1 aromatic heterocycles. The number of rotatable bonds is 3. The molecule has 0 aliphatic carbocycles. The van der Waals surface area contributed by atoms with Gasteiger partial charge in [0, 0.05) is 6.04 Å². The van der Waals surface area contributed by atoms with Crippen LogP contribution in [0.3, 0.4) is 0 Å². The molecule has 0 saturated heterocycles. The van der Waals surface area contributed by atoms with Gasteiger partial charge in [0.2, 0.25) is 0 Å². The summed E-state index contributed by atoms with van der Waals surface area (Å²) in [6.07, 6.45) is 3.17. The second kappa shape index (κ2) is 4.94. The summed E-state index contributed by atoms with van der Waals surface area (Å²) in [5, 5.41) is 3.63. The van der Waals surface area contributed by atoms with Crippen molar-refractivity contribution in [2.75, 3.05) is 5.32 Å². The van der Waals surface area contributed by atoms with E-state index >= 15 is 0 Å². The summed E-state index contributed by atoms with van der Waals surface area (Å²) < 4.78 is 0. The number of anilines is 1. The van der Waals surface area contributed by atoms with Gasteiger partial charge in [-0.1, -0.05) is 41.9 Å². The van der Waals surface area contributed by atoms with Crippen LogP contribution in [-0.4, -0.2) is 9.97 Å². The summed E-state index contributed by atoms with van der Waals surface area (Å²) >= 11 is 5.76. The topological polar surface area (TPSA) is 37.8 Å². The van der Waals surface area contributed by atoms with Gasteiger partial charge in [-0.25, -0.2) is 4.98 Å². The van der Waals surface area contributed by atoms with Gasteiger partial charge in [0.05, 0.1) is 12.4 Å². The zero-order valence-corrected chi connectivity index (χ0v) is 9.65. The Morgan fingerprint density at radius 3 is 2.62 bits per heavy atom. The van der Waals surface area contributed by atoms with Crippen molar-refractivity contribution in [1.82, 2.24) is 9.97 Å². The molecule has 4 heteroatoms. The SMILES string of the molecule is C[C@@H](Nc1cncc(Cl)n1)c1ccccc1. The molecule has 1 aromatic carbocycles. The van der Waals surface area contributed by atoms with Crippen molar-refractivity contribution in [1.29, 1.82) is 0 Å². The van der Waals surface area contributed by atoms with Crippen molar-refractivity contribution in [3.63, 3.8) is 0 Å². The van der Waals surface area contributed by atoms with Crippen molar-refractivity contribution in [2.24, 2.45) is 0 Å². The smallest absolute Gasteiger partial charge is 0.149 e. The van der Waals surface area contributed by atoms with Crippen LogP contribution in [0.1, 0.15) is 18.5 Å². The fourth-order valence-electron chi connectivity index (χ4n) is 1.46. The summed E-state index contributed by atoms with van der Waals surface area (Å²) in [5.74, 6) is 0.684. The number of nitrogens with zero attached hydrogens (tertiary/aromatic N) is 2. The summed E-state index contributed by atoms with van der Waals surface area (Å²) in [4.78, 5) is 8.10. The minimum Gasteiger partial charge on any atom is -0.362 e. The molecule has 0 fully saturated rings. The van der Waals surface area contributed by atoms with Crippen LogP contribution < -0.4 is 5.32 Å². The van der Waals surface area contributed by atoms with Crippen LogP contribution in [-0.2, 0) is 0 Å². The second-order valence-electron chi connectivity index (χ2n) is 3.50. The average Bonchev–Trinajstić information content (AvgIpc) is 2.30. The Balaban J connectivity index is 2.11. The molecule has 2 rings (SSSR count). The third kappa shape index (κ3) is 2.70. The molecule has 0 bridgehead atoms. The normalized spacial score (nSPS) is 12.1. The van der Waals surface area contributed by atoms with Crippen LogP contribution in [0.2, 0.25) is 5.15 Å². The second-order valence-corrected chi connectivity index (χ2v) is 3.89. The Morgan fingerprint density at radius 1 is 1.19 bits per heavy atom. The van der Waals surface area contributed by atoms with Crippen LogP contribution in [0.4, 0.5) is 5.82 Å². The van der Waals surface area contributed by atoms with Crippen molar-refractivity contribution in [3.05, 3.63) is 53.4 Å². The first-order chi connectivity index (χ1) is 7.75. The molecule has 82 valence electrons. The van der Waals surface area contributed by atoms with E-state index in [4.69, 9.17) is 11.6 Å². The Morgan fingerprint density at radius 2 is 1.94 bits per heavy atom. The Hall–Kier alpha value is -1.61. The zero-order valence-electron chi connectivity index (χ0n) is 8.89. The molecule has 0 aliphatic rings. The monoisotopic (exact) mass is 233 g/mol. The quantitative estimate of drug-likeness (QED) is 0.884. The highest BCUT2D eigenvalue weighted by molar-refractivity contribution is 6.29. The molecule has 0 spiro atoms. The third-order valence-corrected chi connectivity index (χ3v) is 2.45.